The maximum absolute atomic E-state index is 9.32. The van der Waals surface area contributed by atoms with Crippen molar-refractivity contribution in [2.75, 3.05) is 14.2 Å². The van der Waals surface area contributed by atoms with Crippen LogP contribution in [0.2, 0.25) is 0 Å². The van der Waals surface area contributed by atoms with Crippen molar-refractivity contribution in [1.29, 1.82) is 0 Å². The van der Waals surface area contributed by atoms with Gasteiger partial charge in [0.15, 0.2) is 11.5 Å². The van der Waals surface area contributed by atoms with Crippen LogP contribution in [-0.2, 0) is 0 Å². The van der Waals surface area contributed by atoms with E-state index in [1.54, 1.807) is 21.0 Å². The lowest BCUT2D eigenvalue weighted by atomic mass is 9.94. The minimum Gasteiger partial charge on any atom is -0.508 e. The molecule has 0 heterocycles. The number of benzene rings is 1. The van der Waals surface area contributed by atoms with Crippen molar-refractivity contribution in [3.63, 3.8) is 0 Å². The van der Waals surface area contributed by atoms with Gasteiger partial charge in [0.05, 0.1) is 14.2 Å². The minimum atomic E-state index is 0.215. The van der Waals surface area contributed by atoms with E-state index in [4.69, 9.17) is 9.47 Å². The highest BCUT2D eigenvalue weighted by Gasteiger charge is 2.06. The lowest BCUT2D eigenvalue weighted by molar-refractivity contribution is 0.352. The number of rotatable bonds is 2. The highest BCUT2D eigenvalue weighted by atomic mass is 16.5. The van der Waals surface area contributed by atoms with Crippen molar-refractivity contribution >= 4 is 13.3 Å². The maximum Gasteiger partial charge on any atom is 0.164 e. The van der Waals surface area contributed by atoms with Gasteiger partial charge in [0.25, 0.3) is 0 Å². The van der Waals surface area contributed by atoms with E-state index in [9.17, 15) is 5.11 Å². The number of hydrogen-bond acceptors (Lipinski definition) is 3. The summed E-state index contributed by atoms with van der Waals surface area (Å²) in [5.41, 5.74) is 0.771. The SMILES string of the molecule is Bc1cc(OC)c(OC)cc1O. The van der Waals surface area contributed by atoms with E-state index in [1.807, 2.05) is 0 Å². The van der Waals surface area contributed by atoms with Crippen LogP contribution in [-0.4, -0.2) is 27.2 Å². The Kier molecular flexibility index (Phi) is 2.48. The predicted molar refractivity (Wildman–Crippen MR) is 49.4 cm³/mol. The van der Waals surface area contributed by atoms with Crippen molar-refractivity contribution in [1.82, 2.24) is 0 Å². The van der Waals surface area contributed by atoms with Crippen molar-refractivity contribution in [3.05, 3.63) is 12.1 Å². The average Bonchev–Trinajstić information content (AvgIpc) is 2.09. The van der Waals surface area contributed by atoms with Crippen LogP contribution in [0.1, 0.15) is 0 Å². The first-order chi connectivity index (χ1) is 5.69. The van der Waals surface area contributed by atoms with Gasteiger partial charge < -0.3 is 14.6 Å². The van der Waals surface area contributed by atoms with E-state index in [-0.39, 0.29) is 5.75 Å². The summed E-state index contributed by atoms with van der Waals surface area (Å²) in [5.74, 6) is 1.39. The molecule has 0 saturated carbocycles. The summed E-state index contributed by atoms with van der Waals surface area (Å²) in [7, 11) is 4.90. The molecule has 0 unspecified atom stereocenters. The normalized spacial score (nSPS) is 9.50. The van der Waals surface area contributed by atoms with Gasteiger partial charge in [-0.05, 0) is 11.5 Å². The van der Waals surface area contributed by atoms with Crippen LogP contribution >= 0.6 is 0 Å². The Morgan fingerprint density at radius 3 is 2.17 bits per heavy atom. The van der Waals surface area contributed by atoms with Gasteiger partial charge in [-0.25, -0.2) is 0 Å². The molecule has 1 N–H and O–H groups in total. The van der Waals surface area contributed by atoms with Crippen molar-refractivity contribution in [2.24, 2.45) is 0 Å². The molecule has 0 bridgehead atoms. The van der Waals surface area contributed by atoms with Gasteiger partial charge >= 0.3 is 0 Å². The lowest BCUT2D eigenvalue weighted by Gasteiger charge is -2.09. The second kappa shape index (κ2) is 3.39. The first-order valence-electron chi connectivity index (χ1n) is 3.60. The molecule has 1 aromatic rings. The Morgan fingerprint density at radius 2 is 1.67 bits per heavy atom. The van der Waals surface area contributed by atoms with E-state index in [1.165, 1.54) is 13.2 Å². The van der Waals surface area contributed by atoms with Gasteiger partial charge in [-0.1, -0.05) is 0 Å². The molecule has 0 atom stereocenters. The Morgan fingerprint density at radius 1 is 1.17 bits per heavy atom. The molecule has 0 saturated heterocycles. The fourth-order valence-corrected chi connectivity index (χ4v) is 0.970. The molecule has 0 aliphatic heterocycles. The van der Waals surface area contributed by atoms with E-state index >= 15 is 0 Å². The molecular weight excluding hydrogens is 155 g/mol. The second-order valence-corrected chi connectivity index (χ2v) is 2.49. The van der Waals surface area contributed by atoms with Crippen molar-refractivity contribution < 1.29 is 14.6 Å². The van der Waals surface area contributed by atoms with Gasteiger partial charge in [0, 0.05) is 6.07 Å². The summed E-state index contributed by atoms with van der Waals surface area (Å²) in [5, 5.41) is 9.32. The third-order valence-corrected chi connectivity index (χ3v) is 1.70. The highest BCUT2D eigenvalue weighted by Crippen LogP contribution is 2.28. The number of methoxy groups -OCH3 is 2. The van der Waals surface area contributed by atoms with Gasteiger partial charge in [0.2, 0.25) is 0 Å². The Labute approximate surface area is 72.3 Å². The molecule has 64 valence electrons. The van der Waals surface area contributed by atoms with E-state index < -0.39 is 0 Å². The molecule has 0 spiro atoms. The largest absolute Gasteiger partial charge is 0.508 e. The van der Waals surface area contributed by atoms with E-state index in [0.717, 1.165) is 5.46 Å². The maximum atomic E-state index is 9.32. The van der Waals surface area contributed by atoms with Crippen LogP contribution in [0.15, 0.2) is 12.1 Å². The van der Waals surface area contributed by atoms with Crippen LogP contribution in [0.25, 0.3) is 0 Å². The van der Waals surface area contributed by atoms with Crippen LogP contribution in [0.4, 0.5) is 0 Å². The third kappa shape index (κ3) is 1.47. The molecule has 0 amide bonds. The molecule has 1 rings (SSSR count). The predicted octanol–water partition coefficient (Wildman–Crippen LogP) is -0.332. The fourth-order valence-electron chi connectivity index (χ4n) is 0.970. The molecule has 0 aromatic heterocycles. The van der Waals surface area contributed by atoms with Crippen LogP contribution < -0.4 is 14.9 Å². The standard InChI is InChI=1S/C8H11BO3/c1-11-7-3-5(9)6(10)4-8(7)12-2/h3-4,10H,9H2,1-2H3. The molecule has 12 heavy (non-hydrogen) atoms. The Hall–Kier alpha value is -1.32. The van der Waals surface area contributed by atoms with Gasteiger partial charge in [-0.2, -0.15) is 0 Å². The molecule has 0 aliphatic rings. The summed E-state index contributed by atoms with van der Waals surface area (Å²) >= 11 is 0. The minimum absolute atomic E-state index is 0.215. The monoisotopic (exact) mass is 166 g/mol. The first-order valence-corrected chi connectivity index (χ1v) is 3.60. The summed E-state index contributed by atoms with van der Waals surface area (Å²) < 4.78 is 10.0. The third-order valence-electron chi connectivity index (χ3n) is 1.70. The topological polar surface area (TPSA) is 38.7 Å². The summed E-state index contributed by atoms with van der Waals surface area (Å²) in [6.07, 6.45) is 0. The quantitative estimate of drug-likeness (QED) is 0.611. The molecule has 1 aromatic carbocycles. The second-order valence-electron chi connectivity index (χ2n) is 2.49. The Balaban J connectivity index is 3.19. The lowest BCUT2D eigenvalue weighted by Crippen LogP contribution is -2.04. The van der Waals surface area contributed by atoms with Crippen LogP contribution in [0.3, 0.4) is 0 Å². The zero-order chi connectivity index (χ0) is 9.14. The summed E-state index contributed by atoms with van der Waals surface area (Å²) in [4.78, 5) is 0. The number of aromatic hydroxyl groups is 1. The zero-order valence-corrected chi connectivity index (χ0v) is 7.42. The number of phenolic OH excluding ortho intramolecular Hbond substituents is 1. The summed E-state index contributed by atoms with van der Waals surface area (Å²) in [6.45, 7) is 0. The van der Waals surface area contributed by atoms with Gasteiger partial charge in [0.1, 0.15) is 13.6 Å². The Bertz CT molecular complexity index is 257. The smallest absolute Gasteiger partial charge is 0.164 e. The number of hydrogen-bond donors (Lipinski definition) is 1. The molecule has 3 nitrogen and oxygen atoms in total. The zero-order valence-electron chi connectivity index (χ0n) is 7.42. The van der Waals surface area contributed by atoms with Crippen LogP contribution in [0, 0.1) is 0 Å². The molecular formula is C8H11BO3. The van der Waals surface area contributed by atoms with E-state index in [2.05, 4.69) is 0 Å². The first kappa shape index (κ1) is 8.78. The summed E-state index contributed by atoms with van der Waals surface area (Å²) in [6, 6.07) is 3.27. The average molecular weight is 166 g/mol. The van der Waals surface area contributed by atoms with Gasteiger partial charge in [-0.15, -0.1) is 0 Å². The number of ether oxygens (including phenoxy) is 2. The molecule has 4 heteroatoms. The molecule has 0 fully saturated rings. The van der Waals surface area contributed by atoms with Crippen LogP contribution in [0.5, 0.6) is 17.2 Å². The van der Waals surface area contributed by atoms with Crippen molar-refractivity contribution in [2.45, 2.75) is 0 Å². The van der Waals surface area contributed by atoms with E-state index in [0.29, 0.717) is 11.5 Å². The molecule has 0 radical (unpaired) electrons. The fraction of sp³-hybridized carbons (Fsp3) is 0.250. The van der Waals surface area contributed by atoms with Crippen molar-refractivity contribution in [3.8, 4) is 17.2 Å². The highest BCUT2D eigenvalue weighted by molar-refractivity contribution is 6.34. The van der Waals surface area contributed by atoms with Gasteiger partial charge in [-0.3, -0.25) is 0 Å². The number of phenols is 1. The molecule has 0 aliphatic carbocycles.